The third kappa shape index (κ3) is 2.40. The third-order valence-electron chi connectivity index (χ3n) is 1.85. The summed E-state index contributed by atoms with van der Waals surface area (Å²) in [6.45, 7) is 2.04. The van der Waals surface area contributed by atoms with Crippen LogP contribution in [0.4, 0.5) is 0 Å². The average Bonchev–Trinajstić information content (AvgIpc) is 2.87. The summed E-state index contributed by atoms with van der Waals surface area (Å²) in [5.74, 6) is -0.164. The number of hydrogen-bond donors (Lipinski definition) is 1. The maximum Gasteiger partial charge on any atom is 0.315 e. The summed E-state index contributed by atoms with van der Waals surface area (Å²) in [4.78, 5) is 15.3. The number of carbonyl (C=O) groups excluding carboxylic acids is 1. The van der Waals surface area contributed by atoms with Gasteiger partial charge in [-0.25, -0.2) is 0 Å². The van der Waals surface area contributed by atoms with E-state index in [0.29, 0.717) is 5.17 Å². The predicted molar refractivity (Wildman–Crippen MR) is 57.4 cm³/mol. The van der Waals surface area contributed by atoms with Crippen LogP contribution in [0.1, 0.15) is 23.9 Å². The molecule has 0 saturated carbocycles. The van der Waals surface area contributed by atoms with Gasteiger partial charge in [0.15, 0.2) is 5.76 Å². The summed E-state index contributed by atoms with van der Waals surface area (Å²) in [7, 11) is 0. The highest BCUT2D eigenvalue weighted by Gasteiger charge is 2.22. The van der Waals surface area contributed by atoms with Crippen LogP contribution in [-0.2, 0) is 0 Å². The monoisotopic (exact) mass is 224 g/mol. The Morgan fingerprint density at radius 3 is 3.27 bits per heavy atom. The van der Waals surface area contributed by atoms with Gasteiger partial charge in [0.05, 0.1) is 11.6 Å². The Labute approximate surface area is 91.3 Å². The molecule has 0 bridgehead atoms. The van der Waals surface area contributed by atoms with Gasteiger partial charge in [0.2, 0.25) is 5.17 Å². The summed E-state index contributed by atoms with van der Waals surface area (Å²) >= 11 is 1.45. The van der Waals surface area contributed by atoms with Crippen LogP contribution in [0.3, 0.4) is 0 Å². The van der Waals surface area contributed by atoms with Gasteiger partial charge in [-0.05, 0) is 18.6 Å². The lowest BCUT2D eigenvalue weighted by molar-refractivity contribution is 0.0976. The second kappa shape index (κ2) is 4.50. The molecule has 1 unspecified atom stereocenters. The molecule has 6 heteroatoms. The number of thioether (sulfide) groups is 1. The van der Waals surface area contributed by atoms with Crippen molar-refractivity contribution in [2.75, 3.05) is 0 Å². The Hall–Kier alpha value is -1.27. The van der Waals surface area contributed by atoms with E-state index in [9.17, 15) is 4.79 Å². The molecule has 1 saturated heterocycles. The first-order valence-electron chi connectivity index (χ1n) is 4.59. The number of amidine groups is 1. The van der Waals surface area contributed by atoms with Gasteiger partial charge < -0.3 is 4.42 Å². The molecule has 5 nitrogen and oxygen atoms in total. The molecular weight excluding hydrogens is 214 g/mol. The Kier molecular flexibility index (Phi) is 3.08. The molecule has 1 radical (unpaired) electrons. The largest absolute Gasteiger partial charge is 0.459 e. The molecular formula is C9H10N3O2S. The lowest BCUT2D eigenvalue weighted by Crippen LogP contribution is -2.24. The smallest absolute Gasteiger partial charge is 0.315 e. The van der Waals surface area contributed by atoms with E-state index in [1.165, 1.54) is 18.0 Å². The van der Waals surface area contributed by atoms with Gasteiger partial charge in [-0.1, -0.05) is 18.7 Å². The second-order valence-electron chi connectivity index (χ2n) is 2.93. The van der Waals surface area contributed by atoms with Crippen LogP contribution in [0.2, 0.25) is 0 Å². The van der Waals surface area contributed by atoms with Crippen LogP contribution in [0.5, 0.6) is 0 Å². The first-order valence-corrected chi connectivity index (χ1v) is 5.47. The summed E-state index contributed by atoms with van der Waals surface area (Å²) in [5, 5.41) is 0.677. The maximum absolute atomic E-state index is 11.5. The topological polar surface area (TPSA) is 68.7 Å². The van der Waals surface area contributed by atoms with E-state index in [0.717, 1.165) is 6.42 Å². The molecule has 1 amide bonds. The lowest BCUT2D eigenvalue weighted by Gasteiger charge is -1.97. The molecule has 1 aliphatic rings. The van der Waals surface area contributed by atoms with Gasteiger partial charge in [-0.3, -0.25) is 4.79 Å². The fourth-order valence-electron chi connectivity index (χ4n) is 1.08. The van der Waals surface area contributed by atoms with Crippen molar-refractivity contribution in [1.29, 1.82) is 0 Å². The summed E-state index contributed by atoms with van der Waals surface area (Å²) in [6, 6.07) is 3.23. The average molecular weight is 224 g/mol. The van der Waals surface area contributed by atoms with Crippen LogP contribution < -0.4 is 10.9 Å². The highest BCUT2D eigenvalue weighted by Crippen LogP contribution is 2.18. The third-order valence-corrected chi connectivity index (χ3v) is 2.97. The molecule has 79 valence electrons. The number of nitrogens with one attached hydrogen (secondary N) is 1. The van der Waals surface area contributed by atoms with E-state index >= 15 is 0 Å². The van der Waals surface area contributed by atoms with Gasteiger partial charge in [-0.2, -0.15) is 15.8 Å². The van der Waals surface area contributed by atoms with Crippen LogP contribution in [0, 0.1) is 0 Å². The van der Waals surface area contributed by atoms with Gasteiger partial charge >= 0.3 is 5.91 Å². The van der Waals surface area contributed by atoms with Crippen molar-refractivity contribution in [3.8, 4) is 0 Å². The van der Waals surface area contributed by atoms with E-state index in [4.69, 9.17) is 4.42 Å². The zero-order chi connectivity index (χ0) is 10.7. The van der Waals surface area contributed by atoms with Gasteiger partial charge in [0.1, 0.15) is 0 Å². The number of nitrogens with zero attached hydrogens (tertiary/aromatic N) is 2. The second-order valence-corrected chi connectivity index (χ2v) is 4.10. The Balaban J connectivity index is 2.02. The zero-order valence-electron chi connectivity index (χ0n) is 8.14. The van der Waals surface area contributed by atoms with Crippen molar-refractivity contribution in [3.63, 3.8) is 0 Å². The molecule has 0 spiro atoms. The number of amides is 1. The molecule has 1 atom stereocenters. The molecule has 0 aromatic carbocycles. The molecule has 15 heavy (non-hydrogen) atoms. The Morgan fingerprint density at radius 1 is 1.80 bits per heavy atom. The predicted octanol–water partition coefficient (Wildman–Crippen LogP) is 1.37. The van der Waals surface area contributed by atoms with Crippen LogP contribution >= 0.6 is 11.8 Å². The highest BCUT2D eigenvalue weighted by molar-refractivity contribution is 8.14. The molecule has 1 aromatic rings. The van der Waals surface area contributed by atoms with E-state index in [-0.39, 0.29) is 11.1 Å². The quantitative estimate of drug-likeness (QED) is 0.823. The van der Waals surface area contributed by atoms with Gasteiger partial charge in [0.25, 0.3) is 0 Å². The molecule has 1 aliphatic heterocycles. The van der Waals surface area contributed by atoms with E-state index in [2.05, 4.69) is 15.8 Å². The molecule has 1 aromatic heterocycles. The van der Waals surface area contributed by atoms with Gasteiger partial charge in [-0.15, -0.1) is 0 Å². The van der Waals surface area contributed by atoms with Crippen LogP contribution in [0.15, 0.2) is 27.8 Å². The van der Waals surface area contributed by atoms with Crippen molar-refractivity contribution in [2.24, 2.45) is 4.99 Å². The van der Waals surface area contributed by atoms with Crippen molar-refractivity contribution in [2.45, 2.75) is 18.7 Å². The minimum Gasteiger partial charge on any atom is -0.459 e. The first kappa shape index (κ1) is 10.3. The highest BCUT2D eigenvalue weighted by atomic mass is 32.2. The number of hydrogen-bond acceptors (Lipinski definition) is 4. The normalized spacial score (nSPS) is 23.0. The summed E-state index contributed by atoms with van der Waals surface area (Å²) in [5.41, 5.74) is 6.82. The van der Waals surface area contributed by atoms with Gasteiger partial charge in [0, 0.05) is 0 Å². The maximum atomic E-state index is 11.5. The number of furan rings is 1. The van der Waals surface area contributed by atoms with Crippen molar-refractivity contribution in [1.82, 2.24) is 10.9 Å². The Morgan fingerprint density at radius 2 is 2.67 bits per heavy atom. The first-order chi connectivity index (χ1) is 7.29. The summed E-state index contributed by atoms with van der Waals surface area (Å²) in [6.07, 6.45) is 2.38. The Bertz CT molecular complexity index is 375. The van der Waals surface area contributed by atoms with Crippen molar-refractivity contribution in [3.05, 3.63) is 24.2 Å². The molecule has 2 rings (SSSR count). The van der Waals surface area contributed by atoms with E-state index in [1.807, 2.05) is 6.92 Å². The standard InChI is InChI=1S/C9H10N3O2S/c1-2-7-11-12-9(15-7)10-8(13)6-4-3-5-14-6/h3-5,7,11H,2H2,1H3. The minimum absolute atomic E-state index is 0.216. The molecule has 1 fully saturated rings. The lowest BCUT2D eigenvalue weighted by atomic mass is 10.4. The van der Waals surface area contributed by atoms with Crippen LogP contribution in [-0.4, -0.2) is 16.4 Å². The number of carbonyl (C=O) groups is 1. The number of aliphatic imine (C=N–C) groups is 1. The number of rotatable bonds is 2. The fraction of sp³-hybridized carbons (Fsp3) is 0.333. The SMILES string of the molecule is CCC1N[N]C(=NC(=O)c2ccco2)S1. The minimum atomic E-state index is -0.398. The summed E-state index contributed by atoms with van der Waals surface area (Å²) < 4.78 is 4.93. The van der Waals surface area contributed by atoms with Crippen molar-refractivity contribution < 1.29 is 9.21 Å². The van der Waals surface area contributed by atoms with Crippen molar-refractivity contribution >= 4 is 22.8 Å². The fourth-order valence-corrected chi connectivity index (χ4v) is 1.84. The zero-order valence-corrected chi connectivity index (χ0v) is 8.95. The van der Waals surface area contributed by atoms with E-state index in [1.54, 1.807) is 12.1 Å². The van der Waals surface area contributed by atoms with Crippen LogP contribution in [0.25, 0.3) is 0 Å². The van der Waals surface area contributed by atoms with E-state index < -0.39 is 5.91 Å². The molecule has 2 heterocycles. The molecule has 0 aliphatic carbocycles. The molecule has 1 N–H and O–H groups in total.